The summed E-state index contributed by atoms with van der Waals surface area (Å²) >= 11 is 6.47. The first-order chi connectivity index (χ1) is 11.5. The Labute approximate surface area is 148 Å². The van der Waals surface area contributed by atoms with E-state index in [4.69, 9.17) is 28.8 Å². The van der Waals surface area contributed by atoms with Crippen molar-refractivity contribution in [2.24, 2.45) is 22.2 Å². The molecule has 0 radical (unpaired) electrons. The van der Waals surface area contributed by atoms with Gasteiger partial charge >= 0.3 is 0 Å². The van der Waals surface area contributed by atoms with Crippen molar-refractivity contribution in [3.8, 4) is 0 Å². The molecule has 0 bridgehead atoms. The van der Waals surface area contributed by atoms with Gasteiger partial charge in [-0.15, -0.1) is 0 Å². The number of aliphatic imine (C=N–C) groups is 1. The Kier molecular flexibility index (Phi) is 6.70. The molecule has 24 heavy (non-hydrogen) atoms. The van der Waals surface area contributed by atoms with E-state index in [0.717, 1.165) is 25.2 Å². The van der Waals surface area contributed by atoms with Crippen LogP contribution in [0.5, 0.6) is 0 Å². The second kappa shape index (κ2) is 8.76. The van der Waals surface area contributed by atoms with E-state index in [-0.39, 0.29) is 0 Å². The first kappa shape index (κ1) is 18.4. The summed E-state index contributed by atoms with van der Waals surface area (Å²) < 4.78 is 0. The lowest BCUT2D eigenvalue weighted by atomic mass is 10.1. The first-order valence-corrected chi connectivity index (χ1v) is 8.58. The van der Waals surface area contributed by atoms with E-state index in [9.17, 15) is 0 Å². The van der Waals surface area contributed by atoms with Gasteiger partial charge in [0.25, 0.3) is 0 Å². The number of rotatable bonds is 6. The second-order valence-electron chi connectivity index (χ2n) is 5.97. The van der Waals surface area contributed by atoms with Crippen LogP contribution in [0.1, 0.15) is 25.3 Å². The van der Waals surface area contributed by atoms with E-state index < -0.39 is 0 Å². The van der Waals surface area contributed by atoms with Gasteiger partial charge in [-0.05, 0) is 38.4 Å². The number of halogens is 1. The van der Waals surface area contributed by atoms with Crippen LogP contribution >= 0.6 is 11.6 Å². The fraction of sp³-hybridized carbons (Fsp3) is 0.389. The third-order valence-corrected chi connectivity index (χ3v) is 4.48. The molecule has 5 nitrogen and oxygen atoms in total. The molecular formula is C18H26ClN5. The van der Waals surface area contributed by atoms with Crippen molar-refractivity contribution in [1.82, 2.24) is 4.90 Å². The Morgan fingerprint density at radius 3 is 2.33 bits per heavy atom. The topological polar surface area (TPSA) is 93.7 Å². The van der Waals surface area contributed by atoms with E-state index in [1.165, 1.54) is 12.8 Å². The van der Waals surface area contributed by atoms with Gasteiger partial charge in [-0.1, -0.05) is 41.9 Å². The third-order valence-electron chi connectivity index (χ3n) is 4.09. The molecule has 0 aliphatic carbocycles. The van der Waals surface area contributed by atoms with Gasteiger partial charge in [0.1, 0.15) is 5.84 Å². The summed E-state index contributed by atoms with van der Waals surface area (Å²) in [5.74, 6) is 0.332. The normalized spacial score (nSPS) is 18.3. The molecule has 1 heterocycles. The van der Waals surface area contributed by atoms with Crippen LogP contribution in [-0.2, 0) is 0 Å². The Balaban J connectivity index is 2.17. The van der Waals surface area contributed by atoms with Gasteiger partial charge in [0.15, 0.2) is 0 Å². The van der Waals surface area contributed by atoms with Crippen molar-refractivity contribution in [3.05, 3.63) is 52.2 Å². The number of hydrogen-bond acceptors (Lipinski definition) is 4. The zero-order valence-corrected chi connectivity index (χ0v) is 14.9. The number of hydrogen-bond donors (Lipinski definition) is 3. The molecule has 1 saturated heterocycles. The summed E-state index contributed by atoms with van der Waals surface area (Å²) in [6.07, 6.45) is 2.52. The molecule has 0 aromatic heterocycles. The third kappa shape index (κ3) is 4.76. The lowest BCUT2D eigenvalue weighted by molar-refractivity contribution is 0.349. The molecule has 1 aromatic rings. The molecule has 0 saturated carbocycles. The molecule has 6 N–H and O–H groups in total. The molecule has 1 aliphatic heterocycles. The van der Waals surface area contributed by atoms with Crippen molar-refractivity contribution in [1.29, 1.82) is 0 Å². The van der Waals surface area contributed by atoms with Crippen molar-refractivity contribution in [2.45, 2.75) is 19.8 Å². The molecule has 1 fully saturated rings. The number of nitrogens with zero attached hydrogens (tertiary/aromatic N) is 2. The van der Waals surface area contributed by atoms with Crippen LogP contribution in [0.4, 0.5) is 0 Å². The second-order valence-corrected chi connectivity index (χ2v) is 6.35. The maximum atomic E-state index is 6.47. The van der Waals surface area contributed by atoms with Crippen LogP contribution < -0.4 is 17.2 Å². The van der Waals surface area contributed by atoms with Crippen molar-refractivity contribution in [2.75, 3.05) is 26.2 Å². The van der Waals surface area contributed by atoms with Crippen molar-refractivity contribution < 1.29 is 0 Å². The monoisotopic (exact) mass is 347 g/mol. The fourth-order valence-electron chi connectivity index (χ4n) is 2.76. The van der Waals surface area contributed by atoms with Crippen LogP contribution in [0.2, 0.25) is 0 Å². The smallest absolute Gasteiger partial charge is 0.129 e. The maximum Gasteiger partial charge on any atom is 0.129 e. The molecule has 0 amide bonds. The first-order valence-electron chi connectivity index (χ1n) is 8.20. The van der Waals surface area contributed by atoms with Gasteiger partial charge in [-0.2, -0.15) is 0 Å². The molecule has 6 heteroatoms. The highest BCUT2D eigenvalue weighted by Crippen LogP contribution is 2.25. The quantitative estimate of drug-likeness (QED) is 0.418. The molecule has 1 aromatic carbocycles. The summed E-state index contributed by atoms with van der Waals surface area (Å²) in [6.45, 7) is 5.54. The predicted molar refractivity (Wildman–Crippen MR) is 102 cm³/mol. The van der Waals surface area contributed by atoms with Crippen LogP contribution in [0.3, 0.4) is 0 Å². The molecule has 130 valence electrons. The SMILES string of the molecule is CC(N)=C(C(N)=NCCN1CCCC1)/C(Cl)=C(\N)c1ccccc1. The average Bonchev–Trinajstić information content (AvgIpc) is 3.08. The molecular weight excluding hydrogens is 322 g/mol. The number of nitrogens with two attached hydrogens (primary N) is 3. The standard InChI is InChI=1S/C18H26ClN5/c1-13(20)15(16(19)17(21)14-7-3-2-4-8-14)18(22)23-9-12-24-10-5-6-11-24/h2-4,7-8H,5-6,9-12,20-21H2,1H3,(H2,22,23)/b15-13?,17-16+. The lowest BCUT2D eigenvalue weighted by Crippen LogP contribution is -2.25. The zero-order valence-electron chi connectivity index (χ0n) is 14.1. The van der Waals surface area contributed by atoms with E-state index in [0.29, 0.717) is 34.4 Å². The predicted octanol–water partition coefficient (Wildman–Crippen LogP) is 2.24. The van der Waals surface area contributed by atoms with E-state index in [1.807, 2.05) is 30.3 Å². The Morgan fingerprint density at radius 1 is 1.12 bits per heavy atom. The zero-order chi connectivity index (χ0) is 17.5. The maximum absolute atomic E-state index is 6.47. The Bertz CT molecular complexity index is 639. The molecule has 0 atom stereocenters. The van der Waals surface area contributed by atoms with Gasteiger partial charge in [0, 0.05) is 12.2 Å². The minimum Gasteiger partial charge on any atom is -0.402 e. The highest BCUT2D eigenvalue weighted by molar-refractivity contribution is 6.38. The Hall–Kier alpha value is -1.98. The van der Waals surface area contributed by atoms with Gasteiger partial charge in [0.05, 0.1) is 22.8 Å². The fourth-order valence-corrected chi connectivity index (χ4v) is 3.12. The van der Waals surface area contributed by atoms with Gasteiger partial charge < -0.3 is 22.1 Å². The number of amidine groups is 1. The number of likely N-dealkylation sites (tertiary alicyclic amines) is 1. The van der Waals surface area contributed by atoms with E-state index >= 15 is 0 Å². The lowest BCUT2D eigenvalue weighted by Gasteiger charge is -2.14. The summed E-state index contributed by atoms with van der Waals surface area (Å²) in [5.41, 5.74) is 20.6. The average molecular weight is 348 g/mol. The minimum atomic E-state index is 0.332. The van der Waals surface area contributed by atoms with Gasteiger partial charge in [0.2, 0.25) is 0 Å². The molecule has 0 unspecified atom stereocenters. The summed E-state index contributed by atoms with van der Waals surface area (Å²) in [5, 5.41) is 0.337. The highest BCUT2D eigenvalue weighted by atomic mass is 35.5. The largest absolute Gasteiger partial charge is 0.402 e. The highest BCUT2D eigenvalue weighted by Gasteiger charge is 2.16. The van der Waals surface area contributed by atoms with Gasteiger partial charge in [-0.3, -0.25) is 4.99 Å². The van der Waals surface area contributed by atoms with Crippen LogP contribution in [0.15, 0.2) is 51.6 Å². The van der Waals surface area contributed by atoms with Crippen LogP contribution in [0, 0.1) is 0 Å². The number of benzene rings is 1. The molecule has 0 spiro atoms. The molecule has 2 rings (SSSR count). The van der Waals surface area contributed by atoms with E-state index in [1.54, 1.807) is 6.92 Å². The van der Waals surface area contributed by atoms with E-state index in [2.05, 4.69) is 9.89 Å². The summed E-state index contributed by atoms with van der Waals surface area (Å²) in [4.78, 5) is 6.83. The Morgan fingerprint density at radius 2 is 1.75 bits per heavy atom. The van der Waals surface area contributed by atoms with Crippen molar-refractivity contribution in [3.63, 3.8) is 0 Å². The summed E-state index contributed by atoms with van der Waals surface area (Å²) in [6, 6.07) is 9.50. The van der Waals surface area contributed by atoms with Crippen LogP contribution in [-0.4, -0.2) is 36.9 Å². The van der Waals surface area contributed by atoms with Crippen molar-refractivity contribution >= 4 is 23.1 Å². The summed E-state index contributed by atoms with van der Waals surface area (Å²) in [7, 11) is 0. The minimum absolute atomic E-state index is 0.332. The molecule has 1 aliphatic rings. The van der Waals surface area contributed by atoms with Crippen LogP contribution in [0.25, 0.3) is 5.70 Å². The van der Waals surface area contributed by atoms with Gasteiger partial charge in [-0.25, -0.2) is 0 Å². The number of allylic oxidation sites excluding steroid dienone is 1.